The quantitative estimate of drug-likeness (QED) is 0.600. The predicted molar refractivity (Wildman–Crippen MR) is 45.3 cm³/mol. The van der Waals surface area contributed by atoms with E-state index in [9.17, 15) is 4.79 Å². The average Bonchev–Trinajstić information content (AvgIpc) is 1.82. The van der Waals surface area contributed by atoms with E-state index in [4.69, 9.17) is 0 Å². The highest BCUT2D eigenvalue weighted by Gasteiger charge is 2.48. The SMILES string of the molecule is CC(=O)C1CC(Br)C1(C)C. The van der Waals surface area contributed by atoms with E-state index in [2.05, 4.69) is 29.8 Å². The lowest BCUT2D eigenvalue weighted by molar-refractivity contribution is -0.128. The first-order valence-corrected chi connectivity index (χ1v) is 4.52. The van der Waals surface area contributed by atoms with Crippen molar-refractivity contribution in [2.75, 3.05) is 0 Å². The zero-order valence-corrected chi connectivity index (χ0v) is 8.23. The predicted octanol–water partition coefficient (Wildman–Crippen LogP) is 2.39. The molecule has 0 N–H and O–H groups in total. The number of hydrogen-bond donors (Lipinski definition) is 0. The van der Waals surface area contributed by atoms with Crippen molar-refractivity contribution in [1.82, 2.24) is 0 Å². The second-order valence-corrected chi connectivity index (χ2v) is 4.79. The first-order valence-electron chi connectivity index (χ1n) is 3.60. The molecule has 0 spiro atoms. The molecule has 0 aromatic rings. The number of carbonyl (C=O) groups is 1. The number of ketones is 1. The van der Waals surface area contributed by atoms with Crippen molar-refractivity contribution in [3.63, 3.8) is 0 Å². The summed E-state index contributed by atoms with van der Waals surface area (Å²) in [5.41, 5.74) is 0.186. The highest BCUT2D eigenvalue weighted by Crippen LogP contribution is 2.50. The van der Waals surface area contributed by atoms with Gasteiger partial charge in [0.15, 0.2) is 0 Å². The Morgan fingerprint density at radius 1 is 1.60 bits per heavy atom. The fourth-order valence-electron chi connectivity index (χ4n) is 1.56. The van der Waals surface area contributed by atoms with Gasteiger partial charge in [0.2, 0.25) is 0 Å². The van der Waals surface area contributed by atoms with E-state index in [0.29, 0.717) is 10.6 Å². The first kappa shape index (κ1) is 8.25. The van der Waals surface area contributed by atoms with Gasteiger partial charge in [-0.3, -0.25) is 4.79 Å². The van der Waals surface area contributed by atoms with Crippen LogP contribution in [0.4, 0.5) is 0 Å². The van der Waals surface area contributed by atoms with Crippen LogP contribution in [0.3, 0.4) is 0 Å². The Labute approximate surface area is 70.3 Å². The van der Waals surface area contributed by atoms with E-state index < -0.39 is 0 Å². The van der Waals surface area contributed by atoms with Crippen LogP contribution >= 0.6 is 15.9 Å². The van der Waals surface area contributed by atoms with E-state index in [-0.39, 0.29) is 11.3 Å². The Morgan fingerprint density at radius 2 is 2.10 bits per heavy atom. The van der Waals surface area contributed by atoms with E-state index in [1.54, 1.807) is 6.92 Å². The maximum absolute atomic E-state index is 11.0. The molecule has 1 saturated carbocycles. The molecule has 0 bridgehead atoms. The van der Waals surface area contributed by atoms with E-state index in [1.807, 2.05) is 0 Å². The molecular weight excluding hydrogens is 192 g/mol. The van der Waals surface area contributed by atoms with Crippen LogP contribution in [0, 0.1) is 11.3 Å². The van der Waals surface area contributed by atoms with Gasteiger partial charge in [0.05, 0.1) is 0 Å². The lowest BCUT2D eigenvalue weighted by Crippen LogP contribution is -2.48. The van der Waals surface area contributed by atoms with Crippen molar-refractivity contribution >= 4 is 21.7 Å². The van der Waals surface area contributed by atoms with E-state index in [0.717, 1.165) is 6.42 Å². The maximum Gasteiger partial charge on any atom is 0.133 e. The minimum absolute atomic E-state index is 0.186. The zero-order chi connectivity index (χ0) is 7.94. The number of Topliss-reactive ketones (excluding diaryl/α,β-unsaturated/α-hetero) is 1. The summed E-state index contributed by atoms with van der Waals surface area (Å²) in [5.74, 6) is 0.623. The number of rotatable bonds is 1. The number of alkyl halides is 1. The Kier molecular flexibility index (Phi) is 1.92. The summed E-state index contributed by atoms with van der Waals surface area (Å²) < 4.78 is 0. The van der Waals surface area contributed by atoms with Crippen LogP contribution in [-0.2, 0) is 4.79 Å². The van der Waals surface area contributed by atoms with Gasteiger partial charge in [-0.05, 0) is 18.8 Å². The standard InChI is InChI=1S/C8H13BrO/c1-5(10)6-4-7(9)8(6,2)3/h6-7H,4H2,1-3H3. The third-order valence-corrected chi connectivity index (χ3v) is 4.19. The normalized spacial score (nSPS) is 36.8. The average molecular weight is 205 g/mol. The van der Waals surface area contributed by atoms with Gasteiger partial charge in [-0.2, -0.15) is 0 Å². The van der Waals surface area contributed by atoms with Crippen molar-refractivity contribution in [3.05, 3.63) is 0 Å². The van der Waals surface area contributed by atoms with Gasteiger partial charge in [-0.25, -0.2) is 0 Å². The van der Waals surface area contributed by atoms with Gasteiger partial charge in [-0.1, -0.05) is 29.8 Å². The van der Waals surface area contributed by atoms with Crippen LogP contribution in [0.25, 0.3) is 0 Å². The fraction of sp³-hybridized carbons (Fsp3) is 0.875. The lowest BCUT2D eigenvalue weighted by atomic mass is 9.61. The van der Waals surface area contributed by atoms with Crippen LogP contribution in [0.15, 0.2) is 0 Å². The molecule has 2 heteroatoms. The summed E-state index contributed by atoms with van der Waals surface area (Å²) in [4.78, 5) is 11.5. The number of hydrogen-bond acceptors (Lipinski definition) is 1. The summed E-state index contributed by atoms with van der Waals surface area (Å²) in [6.07, 6.45) is 1.02. The van der Waals surface area contributed by atoms with Crippen LogP contribution in [-0.4, -0.2) is 10.6 Å². The molecule has 2 atom stereocenters. The van der Waals surface area contributed by atoms with Gasteiger partial charge in [0, 0.05) is 10.7 Å². The maximum atomic E-state index is 11.0. The Balaban J connectivity index is 2.63. The molecule has 0 aliphatic heterocycles. The molecule has 1 aliphatic carbocycles. The molecule has 0 saturated heterocycles. The Bertz CT molecular complexity index is 163. The lowest BCUT2D eigenvalue weighted by Gasteiger charge is -2.48. The van der Waals surface area contributed by atoms with Gasteiger partial charge in [0.25, 0.3) is 0 Å². The third kappa shape index (κ3) is 1.03. The van der Waals surface area contributed by atoms with Crippen molar-refractivity contribution in [2.45, 2.75) is 32.0 Å². The minimum Gasteiger partial charge on any atom is -0.300 e. The van der Waals surface area contributed by atoms with Crippen molar-refractivity contribution in [1.29, 1.82) is 0 Å². The molecule has 58 valence electrons. The smallest absolute Gasteiger partial charge is 0.133 e. The number of carbonyl (C=O) groups excluding carboxylic acids is 1. The largest absolute Gasteiger partial charge is 0.300 e. The molecule has 0 heterocycles. The summed E-state index contributed by atoms with van der Waals surface area (Å²) in [6, 6.07) is 0. The molecule has 1 aliphatic rings. The summed E-state index contributed by atoms with van der Waals surface area (Å²) >= 11 is 3.54. The van der Waals surface area contributed by atoms with Crippen molar-refractivity contribution < 1.29 is 4.79 Å². The Hall–Kier alpha value is 0.150. The first-order chi connectivity index (χ1) is 4.46. The molecule has 0 aromatic heterocycles. The van der Waals surface area contributed by atoms with Gasteiger partial charge in [0.1, 0.15) is 5.78 Å². The van der Waals surface area contributed by atoms with Crippen LogP contribution in [0.2, 0.25) is 0 Å². The van der Waals surface area contributed by atoms with E-state index in [1.165, 1.54) is 0 Å². The Morgan fingerprint density at radius 3 is 2.20 bits per heavy atom. The molecule has 10 heavy (non-hydrogen) atoms. The topological polar surface area (TPSA) is 17.1 Å². The highest BCUT2D eigenvalue weighted by atomic mass is 79.9. The van der Waals surface area contributed by atoms with Crippen molar-refractivity contribution in [3.8, 4) is 0 Å². The third-order valence-electron chi connectivity index (χ3n) is 2.64. The summed E-state index contributed by atoms with van der Waals surface area (Å²) in [6.45, 7) is 5.97. The van der Waals surface area contributed by atoms with Gasteiger partial charge in [-0.15, -0.1) is 0 Å². The molecule has 0 radical (unpaired) electrons. The molecule has 0 amide bonds. The second kappa shape index (κ2) is 2.33. The van der Waals surface area contributed by atoms with Gasteiger partial charge >= 0.3 is 0 Å². The molecular formula is C8H13BrO. The van der Waals surface area contributed by atoms with Gasteiger partial charge < -0.3 is 0 Å². The molecule has 0 aromatic carbocycles. The molecule has 1 nitrogen and oxygen atoms in total. The number of halogens is 1. The zero-order valence-electron chi connectivity index (χ0n) is 6.65. The monoisotopic (exact) mass is 204 g/mol. The highest BCUT2D eigenvalue weighted by molar-refractivity contribution is 9.09. The summed E-state index contributed by atoms with van der Waals surface area (Å²) in [7, 11) is 0. The second-order valence-electron chi connectivity index (χ2n) is 3.69. The fourth-order valence-corrected chi connectivity index (χ4v) is 2.25. The molecule has 2 unspecified atom stereocenters. The molecule has 1 fully saturated rings. The minimum atomic E-state index is 0.186. The van der Waals surface area contributed by atoms with Crippen LogP contribution in [0.5, 0.6) is 0 Å². The summed E-state index contributed by atoms with van der Waals surface area (Å²) in [5, 5.41) is 0. The molecule has 1 rings (SSSR count). The van der Waals surface area contributed by atoms with Crippen molar-refractivity contribution in [2.24, 2.45) is 11.3 Å². The van der Waals surface area contributed by atoms with Crippen LogP contribution in [0.1, 0.15) is 27.2 Å². The van der Waals surface area contributed by atoms with Crippen LogP contribution < -0.4 is 0 Å². The van der Waals surface area contributed by atoms with E-state index >= 15 is 0 Å².